The van der Waals surface area contributed by atoms with E-state index >= 15 is 0 Å². The van der Waals surface area contributed by atoms with Crippen LogP contribution >= 0.6 is 0 Å². The van der Waals surface area contributed by atoms with Gasteiger partial charge in [0, 0.05) is 6.54 Å². The molecule has 0 spiro atoms. The smallest absolute Gasteiger partial charge is 0.245 e. The van der Waals surface area contributed by atoms with Crippen LogP contribution in [0.1, 0.15) is 52.4 Å². The lowest BCUT2D eigenvalue weighted by molar-refractivity contribution is -0.150. The molecule has 2 atom stereocenters. The lowest BCUT2D eigenvalue weighted by Gasteiger charge is -2.40. The van der Waals surface area contributed by atoms with Crippen molar-refractivity contribution in [3.8, 4) is 0 Å². The zero-order valence-electron chi connectivity index (χ0n) is 11.9. The van der Waals surface area contributed by atoms with E-state index in [1.165, 1.54) is 25.7 Å². The molecule has 0 radical (unpaired) electrons. The largest absolute Gasteiger partial charge is 0.343 e. The fourth-order valence-electron chi connectivity index (χ4n) is 3.59. The van der Waals surface area contributed by atoms with E-state index in [1.807, 2.05) is 18.7 Å². The maximum atomic E-state index is 12.5. The summed E-state index contributed by atoms with van der Waals surface area (Å²) in [6.07, 6.45) is 6.54. The average molecular weight is 264 g/mol. The molecule has 106 valence electrons. The maximum Gasteiger partial charge on any atom is 0.245 e. The topological polar surface area (TPSA) is 49.4 Å². The van der Waals surface area contributed by atoms with Gasteiger partial charge < -0.3 is 10.2 Å². The predicted molar refractivity (Wildman–Crippen MR) is 72.4 cm³/mol. The van der Waals surface area contributed by atoms with Gasteiger partial charge in [0.2, 0.25) is 11.8 Å². The van der Waals surface area contributed by atoms with E-state index in [1.54, 1.807) is 0 Å². The van der Waals surface area contributed by atoms with Crippen LogP contribution in [0.15, 0.2) is 0 Å². The molecule has 1 aliphatic heterocycles. The summed E-state index contributed by atoms with van der Waals surface area (Å²) in [5.74, 6) is 1.00. The third-order valence-electron chi connectivity index (χ3n) is 5.19. The van der Waals surface area contributed by atoms with Crippen molar-refractivity contribution in [1.29, 1.82) is 0 Å². The zero-order valence-corrected chi connectivity index (χ0v) is 11.9. The molecule has 0 aromatic rings. The quantitative estimate of drug-likeness (QED) is 0.821. The number of nitrogens with one attached hydrogen (secondary N) is 1. The first-order valence-electron chi connectivity index (χ1n) is 7.72. The molecule has 1 N–H and O–H groups in total. The normalized spacial score (nSPS) is 33.3. The number of nitrogens with zero attached hydrogens (tertiary/aromatic N) is 1. The highest BCUT2D eigenvalue weighted by molar-refractivity contribution is 5.96. The van der Waals surface area contributed by atoms with Gasteiger partial charge in [-0.05, 0) is 49.9 Å². The van der Waals surface area contributed by atoms with Crippen molar-refractivity contribution in [2.45, 2.75) is 64.5 Å². The fraction of sp³-hybridized carbons (Fsp3) is 0.867. The minimum absolute atomic E-state index is 0.0422. The molecule has 0 aromatic heterocycles. The maximum absolute atomic E-state index is 12.5. The third-order valence-corrected chi connectivity index (χ3v) is 5.19. The molecule has 3 rings (SSSR count). The standard InChI is InChI=1S/C15H24N2O2/c1-3-11-14(19)17(12(4-2)13(18)16-11)9-15(7-8-15)10-5-6-10/h10-12H,3-9H2,1-2H3,(H,16,18). The molecule has 3 aliphatic rings. The lowest BCUT2D eigenvalue weighted by atomic mass is 9.95. The molecule has 4 heteroatoms. The van der Waals surface area contributed by atoms with Crippen LogP contribution < -0.4 is 5.32 Å². The molecule has 2 amide bonds. The van der Waals surface area contributed by atoms with E-state index in [0.717, 1.165) is 18.9 Å². The molecule has 0 aromatic carbocycles. The molecule has 2 unspecified atom stereocenters. The first-order valence-corrected chi connectivity index (χ1v) is 7.72. The predicted octanol–water partition coefficient (Wildman–Crippen LogP) is 1.69. The van der Waals surface area contributed by atoms with Crippen LogP contribution in [0.2, 0.25) is 0 Å². The summed E-state index contributed by atoms with van der Waals surface area (Å²) in [5.41, 5.74) is 0.374. The molecule has 19 heavy (non-hydrogen) atoms. The molecular weight excluding hydrogens is 240 g/mol. The van der Waals surface area contributed by atoms with E-state index in [2.05, 4.69) is 5.32 Å². The SMILES string of the molecule is CCC1NC(=O)C(CC)N(CC2(C3CC3)CC2)C1=O. The van der Waals surface area contributed by atoms with Crippen LogP contribution in [0.4, 0.5) is 0 Å². The highest BCUT2D eigenvalue weighted by atomic mass is 16.2. The highest BCUT2D eigenvalue weighted by Crippen LogP contribution is 2.61. The third kappa shape index (κ3) is 2.15. The number of hydrogen-bond donors (Lipinski definition) is 1. The van der Waals surface area contributed by atoms with Gasteiger partial charge in [0.05, 0.1) is 0 Å². The lowest BCUT2D eigenvalue weighted by Crippen LogP contribution is -2.63. The molecule has 0 bridgehead atoms. The summed E-state index contributed by atoms with van der Waals surface area (Å²) in [5, 5.41) is 2.87. The number of rotatable bonds is 5. The summed E-state index contributed by atoms with van der Waals surface area (Å²) in [7, 11) is 0. The number of carbonyl (C=O) groups is 2. The van der Waals surface area contributed by atoms with E-state index in [-0.39, 0.29) is 23.9 Å². The first-order chi connectivity index (χ1) is 9.11. The van der Waals surface area contributed by atoms with Crippen LogP contribution in [0, 0.1) is 11.3 Å². The van der Waals surface area contributed by atoms with Crippen LogP contribution in [-0.2, 0) is 9.59 Å². The zero-order chi connectivity index (χ0) is 13.6. The Bertz CT molecular complexity index is 399. The van der Waals surface area contributed by atoms with Gasteiger partial charge in [-0.15, -0.1) is 0 Å². The molecule has 4 nitrogen and oxygen atoms in total. The van der Waals surface area contributed by atoms with Crippen molar-refractivity contribution in [2.24, 2.45) is 11.3 Å². The van der Waals surface area contributed by atoms with Gasteiger partial charge in [-0.2, -0.15) is 0 Å². The van der Waals surface area contributed by atoms with Crippen molar-refractivity contribution < 1.29 is 9.59 Å². The number of carbonyl (C=O) groups excluding carboxylic acids is 2. The molecule has 1 heterocycles. The van der Waals surface area contributed by atoms with E-state index in [0.29, 0.717) is 11.8 Å². The minimum atomic E-state index is -0.301. The summed E-state index contributed by atoms with van der Waals surface area (Å²) in [4.78, 5) is 26.6. The summed E-state index contributed by atoms with van der Waals surface area (Å²) < 4.78 is 0. The van der Waals surface area contributed by atoms with Gasteiger partial charge in [-0.1, -0.05) is 13.8 Å². The van der Waals surface area contributed by atoms with Gasteiger partial charge in [-0.25, -0.2) is 0 Å². The molecule has 2 saturated carbocycles. The Morgan fingerprint density at radius 2 is 1.89 bits per heavy atom. The minimum Gasteiger partial charge on any atom is -0.343 e. The summed E-state index contributed by atoms with van der Waals surface area (Å²) >= 11 is 0. The second-order valence-corrected chi connectivity index (χ2v) is 6.50. The Labute approximate surface area is 114 Å². The van der Waals surface area contributed by atoms with Crippen LogP contribution in [0.25, 0.3) is 0 Å². The Hall–Kier alpha value is -1.06. The van der Waals surface area contributed by atoms with E-state index in [4.69, 9.17) is 0 Å². The average Bonchev–Trinajstić information content (AvgIpc) is 3.26. The van der Waals surface area contributed by atoms with Crippen LogP contribution in [-0.4, -0.2) is 35.3 Å². The highest BCUT2D eigenvalue weighted by Gasteiger charge is 2.56. The second kappa shape index (κ2) is 4.50. The molecule has 2 aliphatic carbocycles. The summed E-state index contributed by atoms with van der Waals surface area (Å²) in [6.45, 7) is 4.77. The van der Waals surface area contributed by atoms with Gasteiger partial charge in [0.1, 0.15) is 12.1 Å². The first kappa shape index (κ1) is 12.9. The Kier molecular flexibility index (Phi) is 3.06. The van der Waals surface area contributed by atoms with Gasteiger partial charge in [0.15, 0.2) is 0 Å². The summed E-state index contributed by atoms with van der Waals surface area (Å²) in [6, 6.07) is -0.545. The molecule has 1 saturated heterocycles. The van der Waals surface area contributed by atoms with Crippen LogP contribution in [0.5, 0.6) is 0 Å². The molecule has 3 fully saturated rings. The van der Waals surface area contributed by atoms with Crippen molar-refractivity contribution in [2.75, 3.05) is 6.54 Å². The number of piperazine rings is 1. The Morgan fingerprint density at radius 1 is 1.21 bits per heavy atom. The van der Waals surface area contributed by atoms with E-state index < -0.39 is 0 Å². The van der Waals surface area contributed by atoms with Crippen molar-refractivity contribution in [3.05, 3.63) is 0 Å². The van der Waals surface area contributed by atoms with E-state index in [9.17, 15) is 9.59 Å². The van der Waals surface area contributed by atoms with Gasteiger partial charge >= 0.3 is 0 Å². The van der Waals surface area contributed by atoms with Gasteiger partial charge in [0.25, 0.3) is 0 Å². The fourth-order valence-corrected chi connectivity index (χ4v) is 3.59. The number of hydrogen-bond acceptors (Lipinski definition) is 2. The van der Waals surface area contributed by atoms with Crippen molar-refractivity contribution >= 4 is 11.8 Å². The molecular formula is C15H24N2O2. The van der Waals surface area contributed by atoms with Gasteiger partial charge in [-0.3, -0.25) is 9.59 Å². The Balaban J connectivity index is 1.78. The monoisotopic (exact) mass is 264 g/mol. The number of amides is 2. The Morgan fingerprint density at radius 3 is 2.37 bits per heavy atom. The second-order valence-electron chi connectivity index (χ2n) is 6.50. The van der Waals surface area contributed by atoms with Crippen molar-refractivity contribution in [3.63, 3.8) is 0 Å². The van der Waals surface area contributed by atoms with Crippen LogP contribution in [0.3, 0.4) is 0 Å². The van der Waals surface area contributed by atoms with Crippen molar-refractivity contribution in [1.82, 2.24) is 10.2 Å².